The van der Waals surface area contributed by atoms with Gasteiger partial charge in [0.15, 0.2) is 11.0 Å². The minimum atomic E-state index is 0.0405. The van der Waals surface area contributed by atoms with Crippen LogP contribution in [-0.2, 0) is 9.53 Å². The summed E-state index contributed by atoms with van der Waals surface area (Å²) >= 11 is 7.44. The van der Waals surface area contributed by atoms with Crippen LogP contribution in [0.5, 0.6) is 0 Å². The van der Waals surface area contributed by atoms with Gasteiger partial charge in [0.2, 0.25) is 5.91 Å². The van der Waals surface area contributed by atoms with Gasteiger partial charge >= 0.3 is 0 Å². The van der Waals surface area contributed by atoms with Crippen LogP contribution in [0, 0.1) is 0 Å². The Balaban J connectivity index is 1.59. The minimum absolute atomic E-state index is 0.0405. The van der Waals surface area contributed by atoms with Crippen molar-refractivity contribution in [1.29, 1.82) is 0 Å². The standard InChI is InChI=1S/C21H22ClN5O2S/c1-14-11-26(12-15(2)29-14)19(28)13-30-21-25-24-20(16-7-9-23-10-8-16)27(21)18-5-3-17(22)4-6-18/h3-10,14-15H,11-13H2,1-2H3/t14-,15-/m0/s1. The number of morpholine rings is 1. The third-order valence-electron chi connectivity index (χ3n) is 4.75. The summed E-state index contributed by atoms with van der Waals surface area (Å²) in [6, 6.07) is 11.2. The second-order valence-corrected chi connectivity index (χ2v) is 8.58. The van der Waals surface area contributed by atoms with Crippen molar-refractivity contribution in [2.24, 2.45) is 0 Å². The first-order chi connectivity index (χ1) is 14.5. The molecular weight excluding hydrogens is 422 g/mol. The van der Waals surface area contributed by atoms with Crippen molar-refractivity contribution < 1.29 is 9.53 Å². The number of carbonyl (C=O) groups is 1. The number of carbonyl (C=O) groups excluding carboxylic acids is 1. The first kappa shape index (κ1) is 20.8. The van der Waals surface area contributed by atoms with E-state index in [4.69, 9.17) is 16.3 Å². The molecule has 2 aromatic heterocycles. The van der Waals surface area contributed by atoms with Gasteiger partial charge in [-0.2, -0.15) is 0 Å². The number of amides is 1. The highest BCUT2D eigenvalue weighted by Crippen LogP contribution is 2.28. The van der Waals surface area contributed by atoms with E-state index in [2.05, 4.69) is 15.2 Å². The highest BCUT2D eigenvalue weighted by Gasteiger charge is 2.26. The van der Waals surface area contributed by atoms with Crippen molar-refractivity contribution in [2.75, 3.05) is 18.8 Å². The predicted octanol–water partition coefficient (Wildman–Crippen LogP) is 3.71. The summed E-state index contributed by atoms with van der Waals surface area (Å²) in [5.74, 6) is 1.03. The molecule has 1 amide bonds. The lowest BCUT2D eigenvalue weighted by Gasteiger charge is -2.35. The highest BCUT2D eigenvalue weighted by atomic mass is 35.5. The summed E-state index contributed by atoms with van der Waals surface area (Å²) in [7, 11) is 0. The number of hydrogen-bond acceptors (Lipinski definition) is 6. The van der Waals surface area contributed by atoms with E-state index in [9.17, 15) is 4.79 Å². The molecule has 3 heterocycles. The number of benzene rings is 1. The predicted molar refractivity (Wildman–Crippen MR) is 117 cm³/mol. The molecule has 3 aromatic rings. The Kier molecular flexibility index (Phi) is 6.36. The van der Waals surface area contributed by atoms with E-state index in [1.165, 1.54) is 11.8 Å². The van der Waals surface area contributed by atoms with Gasteiger partial charge in [-0.15, -0.1) is 10.2 Å². The molecule has 7 nitrogen and oxygen atoms in total. The van der Waals surface area contributed by atoms with Crippen LogP contribution in [0.2, 0.25) is 5.02 Å². The lowest BCUT2D eigenvalue weighted by Crippen LogP contribution is -2.48. The monoisotopic (exact) mass is 443 g/mol. The zero-order chi connectivity index (χ0) is 21.1. The summed E-state index contributed by atoms with van der Waals surface area (Å²) in [5.41, 5.74) is 1.77. The third-order valence-corrected chi connectivity index (χ3v) is 5.92. The van der Waals surface area contributed by atoms with Crippen LogP contribution < -0.4 is 0 Å². The van der Waals surface area contributed by atoms with Crippen LogP contribution in [-0.4, -0.2) is 61.6 Å². The average molecular weight is 444 g/mol. The van der Waals surface area contributed by atoms with Gasteiger partial charge in [-0.3, -0.25) is 14.3 Å². The molecule has 0 aliphatic carbocycles. The second kappa shape index (κ2) is 9.16. The molecule has 0 bridgehead atoms. The molecule has 1 fully saturated rings. The van der Waals surface area contributed by atoms with Gasteiger partial charge < -0.3 is 9.64 Å². The second-order valence-electron chi connectivity index (χ2n) is 7.20. The molecule has 30 heavy (non-hydrogen) atoms. The largest absolute Gasteiger partial charge is 0.372 e. The van der Waals surface area contributed by atoms with Crippen LogP contribution in [0.15, 0.2) is 53.9 Å². The number of thioether (sulfide) groups is 1. The van der Waals surface area contributed by atoms with Crippen molar-refractivity contribution >= 4 is 29.3 Å². The molecule has 1 aliphatic heterocycles. The van der Waals surface area contributed by atoms with E-state index < -0.39 is 0 Å². The number of aromatic nitrogens is 4. The fourth-order valence-electron chi connectivity index (χ4n) is 3.47. The molecule has 0 spiro atoms. The van der Waals surface area contributed by atoms with Gasteiger partial charge in [0, 0.05) is 41.8 Å². The Morgan fingerprint density at radius 2 is 1.77 bits per heavy atom. The molecule has 0 unspecified atom stereocenters. The fourth-order valence-corrected chi connectivity index (χ4v) is 4.45. The third kappa shape index (κ3) is 4.66. The first-order valence-electron chi connectivity index (χ1n) is 9.69. The Morgan fingerprint density at radius 1 is 1.10 bits per heavy atom. The molecule has 0 N–H and O–H groups in total. The molecule has 0 saturated carbocycles. The van der Waals surface area contributed by atoms with E-state index in [0.717, 1.165) is 11.3 Å². The van der Waals surface area contributed by atoms with Crippen LogP contribution in [0.25, 0.3) is 17.1 Å². The summed E-state index contributed by atoms with van der Waals surface area (Å²) in [6.45, 7) is 5.19. The lowest BCUT2D eigenvalue weighted by molar-refractivity contribution is -0.140. The molecule has 0 radical (unpaired) electrons. The molecule has 1 aliphatic rings. The number of nitrogens with zero attached hydrogens (tertiary/aromatic N) is 5. The summed E-state index contributed by atoms with van der Waals surface area (Å²) in [6.07, 6.45) is 3.51. The van der Waals surface area contributed by atoms with Gasteiger partial charge in [0.05, 0.1) is 18.0 Å². The maximum Gasteiger partial charge on any atom is 0.233 e. The molecule has 1 aromatic carbocycles. The maximum absolute atomic E-state index is 12.8. The lowest BCUT2D eigenvalue weighted by atomic mass is 10.2. The number of pyridine rings is 1. The van der Waals surface area contributed by atoms with Gasteiger partial charge in [0.1, 0.15) is 0 Å². The Hall–Kier alpha value is -2.42. The molecule has 2 atom stereocenters. The summed E-state index contributed by atoms with van der Waals surface area (Å²) in [4.78, 5) is 18.7. The average Bonchev–Trinajstić information content (AvgIpc) is 3.16. The van der Waals surface area contributed by atoms with Crippen molar-refractivity contribution in [2.45, 2.75) is 31.2 Å². The Labute approximate surface area is 184 Å². The van der Waals surface area contributed by atoms with Crippen molar-refractivity contribution in [1.82, 2.24) is 24.6 Å². The van der Waals surface area contributed by atoms with Crippen LogP contribution in [0.1, 0.15) is 13.8 Å². The van der Waals surface area contributed by atoms with Crippen LogP contribution in [0.4, 0.5) is 0 Å². The normalized spacial score (nSPS) is 19.1. The van der Waals surface area contributed by atoms with Crippen molar-refractivity contribution in [3.8, 4) is 17.1 Å². The topological polar surface area (TPSA) is 73.1 Å². The number of hydrogen-bond donors (Lipinski definition) is 0. The molecule has 156 valence electrons. The first-order valence-corrected chi connectivity index (χ1v) is 11.1. The Bertz CT molecular complexity index is 1000. The zero-order valence-corrected chi connectivity index (χ0v) is 18.3. The maximum atomic E-state index is 12.8. The molecular formula is C21H22ClN5O2S. The fraction of sp³-hybridized carbons (Fsp3) is 0.333. The molecule has 1 saturated heterocycles. The van der Waals surface area contributed by atoms with Gasteiger partial charge in [-0.1, -0.05) is 23.4 Å². The molecule has 4 rings (SSSR count). The van der Waals surface area contributed by atoms with Gasteiger partial charge in [-0.25, -0.2) is 0 Å². The minimum Gasteiger partial charge on any atom is -0.372 e. The van der Waals surface area contributed by atoms with Gasteiger partial charge in [-0.05, 0) is 50.2 Å². The number of halogens is 1. The van der Waals surface area contributed by atoms with E-state index in [1.54, 1.807) is 12.4 Å². The van der Waals surface area contributed by atoms with E-state index in [1.807, 2.05) is 59.7 Å². The van der Waals surface area contributed by atoms with E-state index in [-0.39, 0.29) is 23.9 Å². The van der Waals surface area contributed by atoms with Gasteiger partial charge in [0.25, 0.3) is 0 Å². The Morgan fingerprint density at radius 3 is 2.43 bits per heavy atom. The SMILES string of the molecule is C[C@H]1CN(C(=O)CSc2nnc(-c3ccncc3)n2-c2ccc(Cl)cc2)C[C@H](C)O1. The number of ether oxygens (including phenoxy) is 1. The zero-order valence-electron chi connectivity index (χ0n) is 16.7. The summed E-state index contributed by atoms with van der Waals surface area (Å²) < 4.78 is 7.66. The molecule has 9 heteroatoms. The van der Waals surface area contributed by atoms with Crippen LogP contribution >= 0.6 is 23.4 Å². The quantitative estimate of drug-likeness (QED) is 0.560. The summed E-state index contributed by atoms with van der Waals surface area (Å²) in [5, 5.41) is 10.0. The van der Waals surface area contributed by atoms with Crippen molar-refractivity contribution in [3.05, 3.63) is 53.8 Å². The highest BCUT2D eigenvalue weighted by molar-refractivity contribution is 7.99. The van der Waals surface area contributed by atoms with Crippen molar-refractivity contribution in [3.63, 3.8) is 0 Å². The number of rotatable bonds is 5. The smallest absolute Gasteiger partial charge is 0.233 e. The van der Waals surface area contributed by atoms with E-state index in [0.29, 0.717) is 29.1 Å². The van der Waals surface area contributed by atoms with E-state index >= 15 is 0 Å². The van der Waals surface area contributed by atoms with Crippen LogP contribution in [0.3, 0.4) is 0 Å².